The van der Waals surface area contributed by atoms with Gasteiger partial charge in [0.15, 0.2) is 0 Å². The van der Waals surface area contributed by atoms with Gasteiger partial charge in [-0.25, -0.2) is 0 Å². The van der Waals surface area contributed by atoms with E-state index in [1.165, 1.54) is 0 Å². The van der Waals surface area contributed by atoms with Gasteiger partial charge in [0.25, 0.3) is 0 Å². The van der Waals surface area contributed by atoms with E-state index in [4.69, 9.17) is 5.11 Å². The fraction of sp³-hybridized carbons (Fsp3) is 0.100. The van der Waals surface area contributed by atoms with Crippen molar-refractivity contribution < 1.29 is 9.90 Å². The van der Waals surface area contributed by atoms with Crippen LogP contribution in [0.25, 0.3) is 6.08 Å². The molecule has 0 aromatic heterocycles. The lowest BCUT2D eigenvalue weighted by molar-refractivity contribution is -0.136. The zero-order valence-electron chi connectivity index (χ0n) is 6.66. The lowest BCUT2D eigenvalue weighted by Crippen LogP contribution is -1.99. The molecule has 62 valence electrons. The smallest absolute Gasteiger partial charge is 0.307 e. The Balaban J connectivity index is 2.86. The molecule has 0 fully saturated rings. The van der Waals surface area contributed by atoms with Crippen LogP contribution in [0.15, 0.2) is 30.8 Å². The third kappa shape index (κ3) is 2.23. The van der Waals surface area contributed by atoms with E-state index in [2.05, 4.69) is 6.58 Å². The maximum absolute atomic E-state index is 10.3. The predicted octanol–water partition coefficient (Wildman–Crippen LogP) is 1.96. The van der Waals surface area contributed by atoms with Crippen LogP contribution < -0.4 is 0 Å². The van der Waals surface area contributed by atoms with Gasteiger partial charge in [0.05, 0.1) is 6.42 Å². The van der Waals surface area contributed by atoms with E-state index >= 15 is 0 Å². The quantitative estimate of drug-likeness (QED) is 0.737. The maximum Gasteiger partial charge on any atom is 0.307 e. The van der Waals surface area contributed by atoms with Crippen LogP contribution in [0.5, 0.6) is 0 Å². The Kier molecular flexibility index (Phi) is 2.64. The Morgan fingerprint density at radius 3 is 2.92 bits per heavy atom. The lowest BCUT2D eigenvalue weighted by Gasteiger charge is -1.97. The molecule has 2 nitrogen and oxygen atoms in total. The Bertz CT molecular complexity index is 302. The zero-order chi connectivity index (χ0) is 8.97. The average Bonchev–Trinajstić information content (AvgIpc) is 2.03. The van der Waals surface area contributed by atoms with Gasteiger partial charge >= 0.3 is 5.97 Å². The van der Waals surface area contributed by atoms with E-state index in [1.54, 1.807) is 12.1 Å². The van der Waals surface area contributed by atoms with Crippen LogP contribution in [0.2, 0.25) is 0 Å². The number of hydrogen-bond acceptors (Lipinski definition) is 1. The van der Waals surface area contributed by atoms with Gasteiger partial charge in [-0.15, -0.1) is 0 Å². The van der Waals surface area contributed by atoms with Gasteiger partial charge in [-0.2, -0.15) is 0 Å². The second-order valence-electron chi connectivity index (χ2n) is 2.52. The molecule has 0 bridgehead atoms. The summed E-state index contributed by atoms with van der Waals surface area (Å²) >= 11 is 0. The molecule has 0 spiro atoms. The van der Waals surface area contributed by atoms with Crippen LogP contribution in [0.4, 0.5) is 0 Å². The van der Waals surface area contributed by atoms with Gasteiger partial charge in [-0.3, -0.25) is 4.79 Å². The molecular weight excluding hydrogens is 152 g/mol. The molecule has 0 saturated heterocycles. The first-order valence-corrected chi connectivity index (χ1v) is 3.65. The topological polar surface area (TPSA) is 37.3 Å². The zero-order valence-corrected chi connectivity index (χ0v) is 6.66. The van der Waals surface area contributed by atoms with Gasteiger partial charge in [0.1, 0.15) is 0 Å². The summed E-state index contributed by atoms with van der Waals surface area (Å²) in [7, 11) is 0. The van der Waals surface area contributed by atoms with Crippen LogP contribution in [0.1, 0.15) is 11.1 Å². The maximum atomic E-state index is 10.3. The van der Waals surface area contributed by atoms with E-state index in [-0.39, 0.29) is 6.42 Å². The summed E-state index contributed by atoms with van der Waals surface area (Å²) in [5, 5.41) is 8.50. The minimum atomic E-state index is -0.809. The molecule has 1 aromatic carbocycles. The third-order valence-electron chi connectivity index (χ3n) is 1.54. The number of benzene rings is 1. The molecule has 0 heterocycles. The van der Waals surface area contributed by atoms with Crippen LogP contribution in [-0.2, 0) is 11.2 Å². The van der Waals surface area contributed by atoms with E-state index in [1.807, 2.05) is 18.2 Å². The molecule has 0 aliphatic carbocycles. The summed E-state index contributed by atoms with van der Waals surface area (Å²) in [6, 6.07) is 7.33. The highest BCUT2D eigenvalue weighted by atomic mass is 16.4. The standard InChI is InChI=1S/C10H10O2/c1-2-8-4-3-5-9(6-8)7-10(11)12/h2-6H,1,7H2,(H,11,12). The van der Waals surface area contributed by atoms with Crippen LogP contribution in [0, 0.1) is 0 Å². The van der Waals surface area contributed by atoms with Crippen molar-refractivity contribution in [1.29, 1.82) is 0 Å². The third-order valence-corrected chi connectivity index (χ3v) is 1.54. The van der Waals surface area contributed by atoms with Crippen molar-refractivity contribution >= 4 is 12.0 Å². The first-order chi connectivity index (χ1) is 5.72. The number of aliphatic carboxylic acids is 1. The fourth-order valence-corrected chi connectivity index (χ4v) is 1.00. The van der Waals surface area contributed by atoms with Crippen LogP contribution >= 0.6 is 0 Å². The van der Waals surface area contributed by atoms with Crippen molar-refractivity contribution in [3.63, 3.8) is 0 Å². The normalized spacial score (nSPS) is 9.33. The molecule has 0 amide bonds. The molecular formula is C10H10O2. The predicted molar refractivity (Wildman–Crippen MR) is 47.9 cm³/mol. The number of carboxylic acids is 1. The van der Waals surface area contributed by atoms with Crippen molar-refractivity contribution in [2.75, 3.05) is 0 Å². The first-order valence-electron chi connectivity index (χ1n) is 3.65. The monoisotopic (exact) mass is 162 g/mol. The van der Waals surface area contributed by atoms with Gasteiger partial charge < -0.3 is 5.11 Å². The Hall–Kier alpha value is -1.57. The molecule has 2 heteroatoms. The average molecular weight is 162 g/mol. The summed E-state index contributed by atoms with van der Waals surface area (Å²) in [4.78, 5) is 10.3. The highest BCUT2D eigenvalue weighted by Crippen LogP contribution is 2.06. The van der Waals surface area contributed by atoms with Gasteiger partial charge in [-0.1, -0.05) is 36.9 Å². The van der Waals surface area contributed by atoms with Crippen molar-refractivity contribution in [3.05, 3.63) is 42.0 Å². The molecule has 1 rings (SSSR count). The first kappa shape index (κ1) is 8.53. The summed E-state index contributed by atoms with van der Waals surface area (Å²) in [6.07, 6.45) is 1.77. The van der Waals surface area contributed by atoms with E-state index in [0.29, 0.717) is 0 Å². The molecule has 12 heavy (non-hydrogen) atoms. The van der Waals surface area contributed by atoms with Crippen LogP contribution in [0.3, 0.4) is 0 Å². The van der Waals surface area contributed by atoms with Crippen molar-refractivity contribution in [2.45, 2.75) is 6.42 Å². The Morgan fingerprint density at radius 2 is 2.33 bits per heavy atom. The summed E-state index contributed by atoms with van der Waals surface area (Å²) < 4.78 is 0. The van der Waals surface area contributed by atoms with Gasteiger partial charge in [-0.05, 0) is 11.1 Å². The molecule has 1 N–H and O–H groups in total. The minimum absolute atomic E-state index is 0.0711. The summed E-state index contributed by atoms with van der Waals surface area (Å²) in [5.74, 6) is -0.809. The second kappa shape index (κ2) is 3.72. The Morgan fingerprint density at radius 1 is 1.58 bits per heavy atom. The van der Waals surface area contributed by atoms with Crippen molar-refractivity contribution in [3.8, 4) is 0 Å². The summed E-state index contributed by atoms with van der Waals surface area (Å²) in [5.41, 5.74) is 1.76. The SMILES string of the molecule is C=Cc1cccc(CC(=O)O)c1. The van der Waals surface area contributed by atoms with Crippen molar-refractivity contribution in [2.24, 2.45) is 0 Å². The number of carbonyl (C=O) groups is 1. The van der Waals surface area contributed by atoms with E-state index in [9.17, 15) is 4.79 Å². The second-order valence-corrected chi connectivity index (χ2v) is 2.52. The number of rotatable bonds is 3. The highest BCUT2D eigenvalue weighted by Gasteiger charge is 1.99. The molecule has 1 aromatic rings. The molecule has 0 atom stereocenters. The van der Waals surface area contributed by atoms with E-state index < -0.39 is 5.97 Å². The van der Waals surface area contributed by atoms with Gasteiger partial charge in [0.2, 0.25) is 0 Å². The largest absolute Gasteiger partial charge is 0.481 e. The molecule has 0 aliphatic heterocycles. The molecule has 0 saturated carbocycles. The molecule has 0 radical (unpaired) electrons. The van der Waals surface area contributed by atoms with Crippen LogP contribution in [-0.4, -0.2) is 11.1 Å². The Labute approximate surface area is 71.2 Å². The fourth-order valence-electron chi connectivity index (χ4n) is 1.00. The molecule has 0 aliphatic rings. The highest BCUT2D eigenvalue weighted by molar-refractivity contribution is 5.70. The molecule has 0 unspecified atom stereocenters. The number of carboxylic acid groups (broad SMARTS) is 1. The lowest BCUT2D eigenvalue weighted by atomic mass is 10.1. The minimum Gasteiger partial charge on any atom is -0.481 e. The van der Waals surface area contributed by atoms with E-state index in [0.717, 1.165) is 11.1 Å². The van der Waals surface area contributed by atoms with Crippen molar-refractivity contribution in [1.82, 2.24) is 0 Å². The van der Waals surface area contributed by atoms with Gasteiger partial charge in [0, 0.05) is 0 Å². The number of hydrogen-bond donors (Lipinski definition) is 1. The summed E-state index contributed by atoms with van der Waals surface area (Å²) in [6.45, 7) is 3.60.